The molecule has 2 aromatic heterocycles. The summed E-state index contributed by atoms with van der Waals surface area (Å²) in [5, 5.41) is 7.69. The Kier molecular flexibility index (Phi) is 4.06. The number of amides is 1. The van der Waals surface area contributed by atoms with Gasteiger partial charge in [-0.05, 0) is 24.4 Å². The molecule has 2 heterocycles. The molecule has 2 aromatic rings. The number of aryl methyl sites for hydroxylation is 1. The van der Waals surface area contributed by atoms with E-state index in [0.717, 1.165) is 15.6 Å². The van der Waals surface area contributed by atoms with E-state index in [9.17, 15) is 4.79 Å². The van der Waals surface area contributed by atoms with Crippen molar-refractivity contribution in [3.8, 4) is 0 Å². The maximum atomic E-state index is 11.5. The normalized spacial score (nSPS) is 10.9. The smallest absolute Gasteiger partial charge is 0.244 e. The summed E-state index contributed by atoms with van der Waals surface area (Å²) in [5.74, 6) is -0.0914. The minimum Gasteiger partial charge on any atom is -0.346 e. The van der Waals surface area contributed by atoms with Crippen LogP contribution in [-0.2, 0) is 11.3 Å². The highest BCUT2D eigenvalue weighted by Crippen LogP contribution is 2.10. The molecule has 0 saturated heterocycles. The van der Waals surface area contributed by atoms with Crippen molar-refractivity contribution < 1.29 is 4.79 Å². The number of nitrogens with zero attached hydrogens (tertiary/aromatic N) is 1. The molecule has 17 heavy (non-hydrogen) atoms. The average molecular weight is 264 g/mol. The first-order chi connectivity index (χ1) is 8.24. The monoisotopic (exact) mass is 264 g/mol. The molecule has 0 aliphatic heterocycles. The molecule has 0 unspecified atom stereocenters. The van der Waals surface area contributed by atoms with Crippen molar-refractivity contribution in [2.45, 2.75) is 13.5 Å². The minimum absolute atomic E-state index is 0.0914. The molecule has 88 valence electrons. The molecule has 3 nitrogen and oxygen atoms in total. The van der Waals surface area contributed by atoms with E-state index < -0.39 is 0 Å². The van der Waals surface area contributed by atoms with Gasteiger partial charge in [-0.2, -0.15) is 0 Å². The van der Waals surface area contributed by atoms with Gasteiger partial charge in [0.25, 0.3) is 0 Å². The Labute approximate surface area is 108 Å². The number of thiazole rings is 1. The third-order valence-corrected chi connectivity index (χ3v) is 3.83. The summed E-state index contributed by atoms with van der Waals surface area (Å²) in [5.41, 5.74) is 0.994. The van der Waals surface area contributed by atoms with Crippen LogP contribution in [0.3, 0.4) is 0 Å². The summed E-state index contributed by atoms with van der Waals surface area (Å²) in [6.45, 7) is 2.44. The maximum absolute atomic E-state index is 11.5. The highest BCUT2D eigenvalue weighted by Gasteiger charge is 2.00. The van der Waals surface area contributed by atoms with Crippen LogP contribution in [-0.4, -0.2) is 10.9 Å². The van der Waals surface area contributed by atoms with E-state index in [1.54, 1.807) is 28.7 Å². The van der Waals surface area contributed by atoms with Crippen molar-refractivity contribution >= 4 is 34.7 Å². The van der Waals surface area contributed by atoms with Gasteiger partial charge in [0, 0.05) is 22.0 Å². The van der Waals surface area contributed by atoms with Crippen molar-refractivity contribution in [2.24, 2.45) is 0 Å². The van der Waals surface area contributed by atoms with Gasteiger partial charge in [-0.3, -0.25) is 4.79 Å². The van der Waals surface area contributed by atoms with Crippen molar-refractivity contribution in [1.29, 1.82) is 0 Å². The van der Waals surface area contributed by atoms with Crippen LogP contribution in [0.1, 0.15) is 15.6 Å². The van der Waals surface area contributed by atoms with E-state index in [1.165, 1.54) is 0 Å². The second-order valence-electron chi connectivity index (χ2n) is 3.45. The topological polar surface area (TPSA) is 42.0 Å². The molecule has 0 radical (unpaired) electrons. The van der Waals surface area contributed by atoms with Crippen LogP contribution in [0.5, 0.6) is 0 Å². The van der Waals surface area contributed by atoms with Crippen molar-refractivity contribution in [3.63, 3.8) is 0 Å². The largest absolute Gasteiger partial charge is 0.346 e. The number of aromatic nitrogens is 1. The molecule has 1 N–H and O–H groups in total. The molecule has 5 heteroatoms. The lowest BCUT2D eigenvalue weighted by Crippen LogP contribution is -2.20. The van der Waals surface area contributed by atoms with Crippen molar-refractivity contribution in [1.82, 2.24) is 10.3 Å². The van der Waals surface area contributed by atoms with Gasteiger partial charge in [-0.1, -0.05) is 6.07 Å². The molecule has 0 aliphatic rings. The minimum atomic E-state index is -0.0914. The second kappa shape index (κ2) is 5.75. The first-order valence-corrected chi connectivity index (χ1v) is 6.90. The van der Waals surface area contributed by atoms with Gasteiger partial charge >= 0.3 is 0 Å². The Bertz CT molecular complexity index is 514. The van der Waals surface area contributed by atoms with Crippen LogP contribution in [0, 0.1) is 6.92 Å². The average Bonchev–Trinajstić information content (AvgIpc) is 2.95. The lowest BCUT2D eigenvalue weighted by molar-refractivity contribution is -0.116. The van der Waals surface area contributed by atoms with Gasteiger partial charge in [0.15, 0.2) is 0 Å². The summed E-state index contributed by atoms with van der Waals surface area (Å²) < 4.78 is 0. The summed E-state index contributed by atoms with van der Waals surface area (Å²) in [6, 6.07) is 3.93. The second-order valence-corrected chi connectivity index (χ2v) is 5.37. The van der Waals surface area contributed by atoms with Crippen LogP contribution in [0.2, 0.25) is 0 Å². The maximum Gasteiger partial charge on any atom is 0.244 e. The molecule has 0 aromatic carbocycles. The number of carbonyl (C=O) groups excluding carboxylic acids is 1. The molecular formula is C12H12N2OS2. The first-order valence-electron chi connectivity index (χ1n) is 5.14. The first kappa shape index (κ1) is 12.0. The Morgan fingerprint density at radius 1 is 1.53 bits per heavy atom. The predicted molar refractivity (Wildman–Crippen MR) is 72.1 cm³/mol. The Morgan fingerprint density at radius 3 is 3.06 bits per heavy atom. The zero-order valence-electron chi connectivity index (χ0n) is 9.34. The van der Waals surface area contributed by atoms with E-state index in [2.05, 4.69) is 10.3 Å². The summed E-state index contributed by atoms with van der Waals surface area (Å²) >= 11 is 3.17. The standard InChI is InChI=1S/C12H12N2OS2/c1-9-8-17-12(14-9)7-13-11(15)5-4-10-3-2-6-16-10/h2-6,8H,7H2,1H3,(H,13,15)/b5-4+. The summed E-state index contributed by atoms with van der Waals surface area (Å²) in [7, 11) is 0. The van der Waals surface area contributed by atoms with E-state index in [1.807, 2.05) is 35.9 Å². The third kappa shape index (κ3) is 3.80. The van der Waals surface area contributed by atoms with Crippen LogP contribution < -0.4 is 5.32 Å². The SMILES string of the molecule is Cc1csc(CNC(=O)/C=C/c2cccs2)n1. The van der Waals surface area contributed by atoms with Crippen LogP contribution in [0.15, 0.2) is 29.0 Å². The molecule has 0 bridgehead atoms. The fourth-order valence-corrected chi connectivity index (χ4v) is 2.58. The highest BCUT2D eigenvalue weighted by molar-refractivity contribution is 7.10. The van der Waals surface area contributed by atoms with E-state index in [4.69, 9.17) is 0 Å². The zero-order chi connectivity index (χ0) is 12.1. The molecule has 2 rings (SSSR count). The van der Waals surface area contributed by atoms with E-state index in [-0.39, 0.29) is 5.91 Å². The molecule has 0 saturated carbocycles. The summed E-state index contributed by atoms with van der Waals surface area (Å²) in [6.07, 6.45) is 3.36. The van der Waals surface area contributed by atoms with Gasteiger partial charge in [-0.25, -0.2) is 4.98 Å². The lowest BCUT2D eigenvalue weighted by atomic mass is 10.4. The van der Waals surface area contributed by atoms with E-state index >= 15 is 0 Å². The molecular weight excluding hydrogens is 252 g/mol. The van der Waals surface area contributed by atoms with Gasteiger partial charge in [-0.15, -0.1) is 22.7 Å². The fraction of sp³-hybridized carbons (Fsp3) is 0.167. The third-order valence-electron chi connectivity index (χ3n) is 2.02. The number of hydrogen-bond acceptors (Lipinski definition) is 4. The number of hydrogen-bond donors (Lipinski definition) is 1. The van der Waals surface area contributed by atoms with Gasteiger partial charge in [0.2, 0.25) is 5.91 Å². The molecule has 0 spiro atoms. The van der Waals surface area contributed by atoms with Gasteiger partial charge < -0.3 is 5.32 Å². The summed E-state index contributed by atoms with van der Waals surface area (Å²) in [4.78, 5) is 16.9. The number of carbonyl (C=O) groups is 1. The number of thiophene rings is 1. The lowest BCUT2D eigenvalue weighted by Gasteiger charge is -1.97. The Balaban J connectivity index is 1.82. The predicted octanol–water partition coefficient (Wildman–Crippen LogP) is 2.84. The molecule has 0 fully saturated rings. The van der Waals surface area contributed by atoms with Crippen molar-refractivity contribution in [2.75, 3.05) is 0 Å². The van der Waals surface area contributed by atoms with Gasteiger partial charge in [0.05, 0.1) is 6.54 Å². The van der Waals surface area contributed by atoms with Crippen LogP contribution in [0.4, 0.5) is 0 Å². The fourth-order valence-electron chi connectivity index (χ4n) is 1.25. The number of nitrogens with one attached hydrogen (secondary N) is 1. The Hall–Kier alpha value is -1.46. The van der Waals surface area contributed by atoms with E-state index in [0.29, 0.717) is 6.54 Å². The molecule has 0 atom stereocenters. The van der Waals surface area contributed by atoms with Crippen LogP contribution >= 0.6 is 22.7 Å². The number of rotatable bonds is 4. The quantitative estimate of drug-likeness (QED) is 0.863. The molecule has 1 amide bonds. The van der Waals surface area contributed by atoms with Crippen molar-refractivity contribution in [3.05, 3.63) is 44.5 Å². The zero-order valence-corrected chi connectivity index (χ0v) is 11.0. The van der Waals surface area contributed by atoms with Gasteiger partial charge in [0.1, 0.15) is 5.01 Å². The molecule has 0 aliphatic carbocycles. The Morgan fingerprint density at radius 2 is 2.41 bits per heavy atom. The van der Waals surface area contributed by atoms with Crippen LogP contribution in [0.25, 0.3) is 6.08 Å². The highest BCUT2D eigenvalue weighted by atomic mass is 32.1.